The summed E-state index contributed by atoms with van der Waals surface area (Å²) >= 11 is 3.46. The molecule has 1 saturated carbocycles. The maximum atomic E-state index is 4.33. The van der Waals surface area contributed by atoms with E-state index in [0.717, 1.165) is 16.0 Å². The Bertz CT molecular complexity index is 471. The van der Waals surface area contributed by atoms with Crippen molar-refractivity contribution in [2.45, 2.75) is 19.3 Å². The van der Waals surface area contributed by atoms with Gasteiger partial charge in [0.1, 0.15) is 5.65 Å². The van der Waals surface area contributed by atoms with Gasteiger partial charge in [0.15, 0.2) is 0 Å². The molecule has 0 radical (unpaired) electrons. The van der Waals surface area contributed by atoms with Gasteiger partial charge in [0.25, 0.3) is 0 Å². The first kappa shape index (κ1) is 8.48. The molecule has 1 N–H and O–H groups in total. The number of aromatic nitrogens is 2. The fraction of sp³-hybridized carbons (Fsp3) is 0.364. The SMILES string of the molecule is Brc1cnc2[nH]cc(CC3CC3)c2c1. The van der Waals surface area contributed by atoms with Gasteiger partial charge in [0, 0.05) is 22.3 Å². The number of pyridine rings is 1. The minimum Gasteiger partial charge on any atom is -0.346 e. The second-order valence-corrected chi connectivity index (χ2v) is 4.93. The van der Waals surface area contributed by atoms with E-state index in [4.69, 9.17) is 0 Å². The molecule has 3 rings (SSSR count). The predicted octanol–water partition coefficient (Wildman–Crippen LogP) is 3.28. The molecule has 2 aromatic rings. The maximum absolute atomic E-state index is 4.33. The summed E-state index contributed by atoms with van der Waals surface area (Å²) in [6, 6.07) is 2.15. The molecule has 0 unspecified atom stereocenters. The smallest absolute Gasteiger partial charge is 0.137 e. The molecule has 3 heteroatoms. The van der Waals surface area contributed by atoms with Gasteiger partial charge in [-0.1, -0.05) is 0 Å². The summed E-state index contributed by atoms with van der Waals surface area (Å²) in [4.78, 5) is 7.54. The van der Waals surface area contributed by atoms with E-state index in [9.17, 15) is 0 Å². The molecule has 2 heterocycles. The van der Waals surface area contributed by atoms with E-state index < -0.39 is 0 Å². The van der Waals surface area contributed by atoms with Crippen LogP contribution >= 0.6 is 15.9 Å². The van der Waals surface area contributed by atoms with E-state index in [-0.39, 0.29) is 0 Å². The number of halogens is 1. The average Bonchev–Trinajstić information content (AvgIpc) is 2.90. The molecule has 1 aliphatic rings. The van der Waals surface area contributed by atoms with Crippen molar-refractivity contribution in [1.82, 2.24) is 9.97 Å². The molecule has 0 aromatic carbocycles. The number of nitrogens with zero attached hydrogens (tertiary/aromatic N) is 1. The molecule has 0 bridgehead atoms. The quantitative estimate of drug-likeness (QED) is 0.871. The van der Waals surface area contributed by atoms with Gasteiger partial charge in [0.05, 0.1) is 0 Å². The zero-order valence-electron chi connectivity index (χ0n) is 7.76. The molecule has 2 aromatic heterocycles. The Morgan fingerprint density at radius 2 is 2.36 bits per heavy atom. The van der Waals surface area contributed by atoms with Gasteiger partial charge in [-0.25, -0.2) is 4.98 Å². The Balaban J connectivity index is 2.08. The van der Waals surface area contributed by atoms with Crippen LogP contribution in [-0.2, 0) is 6.42 Å². The minimum absolute atomic E-state index is 0.924. The number of fused-ring (bicyclic) bond motifs is 1. The molecule has 72 valence electrons. The zero-order chi connectivity index (χ0) is 9.54. The van der Waals surface area contributed by atoms with Crippen LogP contribution in [0.1, 0.15) is 18.4 Å². The Labute approximate surface area is 90.9 Å². The van der Waals surface area contributed by atoms with Gasteiger partial charge in [-0.2, -0.15) is 0 Å². The molecule has 2 nitrogen and oxygen atoms in total. The first-order chi connectivity index (χ1) is 6.83. The van der Waals surface area contributed by atoms with Gasteiger partial charge in [-0.3, -0.25) is 0 Å². The van der Waals surface area contributed by atoms with Gasteiger partial charge < -0.3 is 4.98 Å². The van der Waals surface area contributed by atoms with Crippen LogP contribution in [0.5, 0.6) is 0 Å². The number of nitrogens with one attached hydrogen (secondary N) is 1. The van der Waals surface area contributed by atoms with Gasteiger partial charge in [-0.15, -0.1) is 0 Å². The fourth-order valence-corrected chi connectivity index (χ4v) is 2.17. The molecule has 1 fully saturated rings. The van der Waals surface area contributed by atoms with Gasteiger partial charge in [-0.05, 0) is 52.7 Å². The van der Waals surface area contributed by atoms with Crippen LogP contribution < -0.4 is 0 Å². The predicted molar refractivity (Wildman–Crippen MR) is 60.2 cm³/mol. The monoisotopic (exact) mass is 250 g/mol. The summed E-state index contributed by atoms with van der Waals surface area (Å²) in [7, 11) is 0. The highest BCUT2D eigenvalue weighted by atomic mass is 79.9. The Morgan fingerprint density at radius 3 is 3.14 bits per heavy atom. The molecular weight excluding hydrogens is 240 g/mol. The highest BCUT2D eigenvalue weighted by molar-refractivity contribution is 9.10. The van der Waals surface area contributed by atoms with Crippen molar-refractivity contribution in [3.8, 4) is 0 Å². The summed E-state index contributed by atoms with van der Waals surface area (Å²) in [6.07, 6.45) is 7.93. The summed E-state index contributed by atoms with van der Waals surface area (Å²) in [5.41, 5.74) is 2.42. The summed E-state index contributed by atoms with van der Waals surface area (Å²) in [6.45, 7) is 0. The van der Waals surface area contributed by atoms with E-state index in [1.54, 1.807) is 0 Å². The van der Waals surface area contributed by atoms with E-state index in [0.29, 0.717) is 0 Å². The van der Waals surface area contributed by atoms with Crippen molar-refractivity contribution >= 4 is 27.0 Å². The van der Waals surface area contributed by atoms with E-state index in [2.05, 4.69) is 38.2 Å². The van der Waals surface area contributed by atoms with Gasteiger partial charge >= 0.3 is 0 Å². The lowest BCUT2D eigenvalue weighted by molar-refractivity contribution is 0.838. The van der Waals surface area contributed by atoms with Crippen molar-refractivity contribution in [3.05, 3.63) is 28.5 Å². The van der Waals surface area contributed by atoms with Gasteiger partial charge in [0.2, 0.25) is 0 Å². The highest BCUT2D eigenvalue weighted by Gasteiger charge is 2.22. The van der Waals surface area contributed by atoms with Crippen LogP contribution in [-0.4, -0.2) is 9.97 Å². The molecule has 14 heavy (non-hydrogen) atoms. The maximum Gasteiger partial charge on any atom is 0.137 e. The second-order valence-electron chi connectivity index (χ2n) is 4.01. The van der Waals surface area contributed by atoms with Crippen LogP contribution in [0.15, 0.2) is 22.9 Å². The third-order valence-electron chi connectivity index (χ3n) is 2.79. The van der Waals surface area contributed by atoms with Crippen molar-refractivity contribution in [2.24, 2.45) is 5.92 Å². The topological polar surface area (TPSA) is 28.7 Å². The average molecular weight is 251 g/mol. The summed E-state index contributed by atoms with van der Waals surface area (Å²) in [5, 5.41) is 1.27. The first-order valence-electron chi connectivity index (χ1n) is 4.94. The normalized spacial score (nSPS) is 16.4. The molecule has 1 aliphatic carbocycles. The Morgan fingerprint density at radius 1 is 1.50 bits per heavy atom. The zero-order valence-corrected chi connectivity index (χ0v) is 9.34. The van der Waals surface area contributed by atoms with E-state index in [1.807, 2.05) is 6.20 Å². The molecule has 0 aliphatic heterocycles. The lowest BCUT2D eigenvalue weighted by Crippen LogP contribution is -1.84. The summed E-state index contributed by atoms with van der Waals surface area (Å²) in [5.74, 6) is 0.924. The molecular formula is C11H11BrN2. The van der Waals surface area contributed by atoms with E-state index in [1.165, 1.54) is 30.2 Å². The fourth-order valence-electron chi connectivity index (χ4n) is 1.83. The van der Waals surface area contributed by atoms with Crippen molar-refractivity contribution in [1.29, 1.82) is 0 Å². The van der Waals surface area contributed by atoms with Crippen molar-refractivity contribution in [2.75, 3.05) is 0 Å². The Kier molecular flexibility index (Phi) is 1.87. The first-order valence-corrected chi connectivity index (χ1v) is 5.74. The third kappa shape index (κ3) is 1.46. The van der Waals surface area contributed by atoms with Crippen LogP contribution in [0.25, 0.3) is 11.0 Å². The number of aromatic amines is 1. The van der Waals surface area contributed by atoms with Crippen LogP contribution in [0, 0.1) is 5.92 Å². The van der Waals surface area contributed by atoms with Crippen molar-refractivity contribution < 1.29 is 0 Å². The molecule has 0 atom stereocenters. The molecule has 0 saturated heterocycles. The standard InChI is InChI=1S/C11H11BrN2/c12-9-4-10-8(3-7-1-2-7)5-13-11(10)14-6-9/h4-7H,1-3H2,(H,13,14). The number of hydrogen-bond acceptors (Lipinski definition) is 1. The highest BCUT2D eigenvalue weighted by Crippen LogP contribution is 2.34. The number of rotatable bonds is 2. The third-order valence-corrected chi connectivity index (χ3v) is 3.22. The van der Waals surface area contributed by atoms with Crippen LogP contribution in [0.4, 0.5) is 0 Å². The number of H-pyrrole nitrogens is 1. The number of hydrogen-bond donors (Lipinski definition) is 1. The summed E-state index contributed by atoms with van der Waals surface area (Å²) < 4.78 is 1.06. The molecule has 0 amide bonds. The largest absolute Gasteiger partial charge is 0.346 e. The van der Waals surface area contributed by atoms with Crippen molar-refractivity contribution in [3.63, 3.8) is 0 Å². The minimum atomic E-state index is 0.924. The lowest BCUT2D eigenvalue weighted by atomic mass is 10.1. The van der Waals surface area contributed by atoms with E-state index >= 15 is 0 Å². The molecule has 0 spiro atoms. The van der Waals surface area contributed by atoms with Crippen LogP contribution in [0.2, 0.25) is 0 Å². The second kappa shape index (κ2) is 3.09. The lowest BCUT2D eigenvalue weighted by Gasteiger charge is -1.96. The Hall–Kier alpha value is -0.830. The van der Waals surface area contributed by atoms with Crippen LogP contribution in [0.3, 0.4) is 0 Å².